The molecular weight excluding hydrogens is 292 g/mol. The second-order valence-electron chi connectivity index (χ2n) is 6.72. The maximum Gasteiger partial charge on any atom is 0.315 e. The van der Waals surface area contributed by atoms with Crippen molar-refractivity contribution < 1.29 is 14.3 Å². The van der Waals surface area contributed by atoms with Crippen LogP contribution in [0.3, 0.4) is 0 Å². The van der Waals surface area contributed by atoms with Crippen molar-refractivity contribution in [2.45, 2.75) is 38.5 Å². The molecule has 126 valence electrons. The maximum absolute atomic E-state index is 12.4. The topological polar surface area (TPSA) is 81.4 Å². The third kappa shape index (κ3) is 3.72. The van der Waals surface area contributed by atoms with Crippen LogP contribution in [-0.4, -0.2) is 25.5 Å². The van der Waals surface area contributed by atoms with Gasteiger partial charge in [0.05, 0.1) is 12.5 Å². The lowest BCUT2D eigenvalue weighted by Gasteiger charge is -2.22. The average molecular weight is 318 g/mol. The second-order valence-corrected chi connectivity index (χ2v) is 6.72. The third-order valence-electron chi connectivity index (χ3n) is 4.87. The van der Waals surface area contributed by atoms with Gasteiger partial charge in [-0.2, -0.15) is 0 Å². The van der Waals surface area contributed by atoms with E-state index in [9.17, 15) is 9.59 Å². The van der Waals surface area contributed by atoms with Crippen LogP contribution in [-0.2, 0) is 19.7 Å². The highest BCUT2D eigenvalue weighted by atomic mass is 16.5. The van der Waals surface area contributed by atoms with E-state index >= 15 is 0 Å². The van der Waals surface area contributed by atoms with Crippen LogP contribution >= 0.6 is 0 Å². The zero-order valence-electron chi connectivity index (χ0n) is 14.1. The van der Waals surface area contributed by atoms with E-state index < -0.39 is 5.41 Å². The lowest BCUT2D eigenvalue weighted by molar-refractivity contribution is -0.146. The highest BCUT2D eigenvalue weighted by molar-refractivity contribution is 5.93. The van der Waals surface area contributed by atoms with E-state index in [4.69, 9.17) is 10.5 Å². The number of amides is 1. The summed E-state index contributed by atoms with van der Waals surface area (Å²) >= 11 is 0. The highest BCUT2D eigenvalue weighted by Crippen LogP contribution is 2.32. The zero-order chi connectivity index (χ0) is 17.0. The molecule has 1 aliphatic rings. The van der Waals surface area contributed by atoms with E-state index in [1.165, 1.54) is 7.11 Å². The lowest BCUT2D eigenvalue weighted by atomic mass is 9.84. The van der Waals surface area contributed by atoms with Crippen LogP contribution in [0.2, 0.25) is 0 Å². The summed E-state index contributed by atoms with van der Waals surface area (Å²) in [7, 11) is 1.38. The van der Waals surface area contributed by atoms with Crippen molar-refractivity contribution in [3.05, 3.63) is 29.8 Å². The van der Waals surface area contributed by atoms with Crippen LogP contribution in [0.25, 0.3) is 0 Å². The number of anilines is 1. The van der Waals surface area contributed by atoms with Crippen LogP contribution in [0, 0.1) is 11.8 Å². The minimum atomic E-state index is -0.715. The Balaban J connectivity index is 2.05. The molecule has 5 heteroatoms. The molecule has 3 N–H and O–H groups in total. The molecule has 1 amide bonds. The zero-order valence-corrected chi connectivity index (χ0v) is 14.1. The smallest absolute Gasteiger partial charge is 0.315 e. The van der Waals surface area contributed by atoms with Gasteiger partial charge in [-0.05, 0) is 56.8 Å². The summed E-state index contributed by atoms with van der Waals surface area (Å²) < 4.78 is 4.84. The van der Waals surface area contributed by atoms with E-state index in [1.807, 2.05) is 38.1 Å². The van der Waals surface area contributed by atoms with Crippen molar-refractivity contribution in [3.8, 4) is 0 Å². The Bertz CT molecular complexity index is 566. The van der Waals surface area contributed by atoms with Crippen molar-refractivity contribution in [1.29, 1.82) is 0 Å². The van der Waals surface area contributed by atoms with Crippen molar-refractivity contribution >= 4 is 17.6 Å². The Morgan fingerprint density at radius 1 is 1.26 bits per heavy atom. The minimum absolute atomic E-state index is 0.00573. The van der Waals surface area contributed by atoms with Gasteiger partial charge in [0.2, 0.25) is 5.91 Å². The molecular formula is C18H26N2O3. The number of methoxy groups -OCH3 is 1. The molecule has 1 aromatic rings. The quantitative estimate of drug-likeness (QED) is 0.817. The number of esters is 1. The van der Waals surface area contributed by atoms with Crippen LogP contribution in [0.4, 0.5) is 5.69 Å². The number of ether oxygens (including phenoxy) is 1. The number of benzene rings is 1. The fourth-order valence-electron chi connectivity index (χ4n) is 3.24. The van der Waals surface area contributed by atoms with E-state index in [1.54, 1.807) is 0 Å². The van der Waals surface area contributed by atoms with Crippen molar-refractivity contribution in [2.75, 3.05) is 19.0 Å². The molecule has 0 aliphatic heterocycles. The molecule has 0 spiro atoms. The summed E-state index contributed by atoms with van der Waals surface area (Å²) in [6.07, 6.45) is 2.99. The Kier molecular flexibility index (Phi) is 5.42. The van der Waals surface area contributed by atoms with Gasteiger partial charge < -0.3 is 15.8 Å². The predicted octanol–water partition coefficient (Wildman–Crippen LogP) is 2.45. The molecule has 2 atom stereocenters. The molecule has 1 saturated carbocycles. The van der Waals surface area contributed by atoms with Crippen LogP contribution in [0.1, 0.15) is 38.7 Å². The molecule has 0 bridgehead atoms. The first-order valence-corrected chi connectivity index (χ1v) is 8.10. The summed E-state index contributed by atoms with van der Waals surface area (Å²) in [5.74, 6) is 0.0441. The molecule has 0 aromatic heterocycles. The third-order valence-corrected chi connectivity index (χ3v) is 4.87. The van der Waals surface area contributed by atoms with Gasteiger partial charge in [-0.3, -0.25) is 9.59 Å². The molecule has 0 saturated heterocycles. The Hall–Kier alpha value is -1.88. The number of hydrogen-bond acceptors (Lipinski definition) is 4. The molecule has 0 heterocycles. The predicted molar refractivity (Wildman–Crippen MR) is 90.0 cm³/mol. The van der Waals surface area contributed by atoms with Crippen LogP contribution in [0.15, 0.2) is 24.3 Å². The molecule has 23 heavy (non-hydrogen) atoms. The molecule has 1 aliphatic carbocycles. The summed E-state index contributed by atoms with van der Waals surface area (Å²) in [6.45, 7) is 4.19. The van der Waals surface area contributed by atoms with Crippen molar-refractivity contribution in [3.63, 3.8) is 0 Å². The highest BCUT2D eigenvalue weighted by Gasteiger charge is 2.32. The number of rotatable bonds is 5. The first-order valence-electron chi connectivity index (χ1n) is 8.10. The van der Waals surface area contributed by atoms with Gasteiger partial charge in [0, 0.05) is 11.6 Å². The van der Waals surface area contributed by atoms with Gasteiger partial charge >= 0.3 is 5.97 Å². The van der Waals surface area contributed by atoms with Crippen LogP contribution in [0.5, 0.6) is 0 Å². The van der Waals surface area contributed by atoms with Gasteiger partial charge in [0.1, 0.15) is 0 Å². The summed E-state index contributed by atoms with van der Waals surface area (Å²) in [4.78, 5) is 24.2. The van der Waals surface area contributed by atoms with Crippen molar-refractivity contribution in [1.82, 2.24) is 0 Å². The molecule has 2 rings (SSSR count). The van der Waals surface area contributed by atoms with Gasteiger partial charge in [0.15, 0.2) is 0 Å². The monoisotopic (exact) mass is 318 g/mol. The largest absolute Gasteiger partial charge is 0.468 e. The van der Waals surface area contributed by atoms with E-state index in [0.29, 0.717) is 6.54 Å². The average Bonchev–Trinajstić information content (AvgIpc) is 3.03. The fraction of sp³-hybridized carbons (Fsp3) is 0.556. The molecule has 1 fully saturated rings. The molecule has 0 unspecified atom stereocenters. The SMILES string of the molecule is COC(=O)C(C)(C)c1ccc(NC(=O)[C@@H]2CCC[C@@H]2CN)cc1. The first kappa shape index (κ1) is 17.5. The van der Waals surface area contributed by atoms with E-state index in [2.05, 4.69) is 5.32 Å². The van der Waals surface area contributed by atoms with Gasteiger partial charge in [-0.15, -0.1) is 0 Å². The molecule has 1 aromatic carbocycles. The Morgan fingerprint density at radius 2 is 1.91 bits per heavy atom. The summed E-state index contributed by atoms with van der Waals surface area (Å²) in [5, 5.41) is 2.96. The Morgan fingerprint density at radius 3 is 2.48 bits per heavy atom. The normalized spacial score (nSPS) is 21.0. The Labute approximate surface area is 137 Å². The molecule has 0 radical (unpaired) electrons. The number of hydrogen-bond donors (Lipinski definition) is 2. The fourth-order valence-corrected chi connectivity index (χ4v) is 3.24. The van der Waals surface area contributed by atoms with Crippen LogP contribution < -0.4 is 11.1 Å². The van der Waals surface area contributed by atoms with Crippen molar-refractivity contribution in [2.24, 2.45) is 17.6 Å². The number of nitrogens with two attached hydrogens (primary N) is 1. The summed E-state index contributed by atoms with van der Waals surface area (Å²) in [6, 6.07) is 7.35. The van der Waals surface area contributed by atoms with Gasteiger partial charge in [-0.25, -0.2) is 0 Å². The second kappa shape index (κ2) is 7.13. The standard InChI is InChI=1S/C18H26N2O3/c1-18(2,17(22)23-3)13-7-9-14(10-8-13)20-16(21)15-6-4-5-12(15)11-19/h7-10,12,15H,4-6,11,19H2,1-3H3,(H,20,21)/t12-,15-/m1/s1. The van der Waals surface area contributed by atoms with E-state index in [-0.39, 0.29) is 23.7 Å². The first-order chi connectivity index (χ1) is 10.9. The summed E-state index contributed by atoms with van der Waals surface area (Å²) in [5.41, 5.74) is 6.61. The number of carbonyl (C=O) groups is 2. The number of nitrogens with one attached hydrogen (secondary N) is 1. The maximum atomic E-state index is 12.4. The minimum Gasteiger partial charge on any atom is -0.468 e. The van der Waals surface area contributed by atoms with Gasteiger partial charge in [0.25, 0.3) is 0 Å². The lowest BCUT2D eigenvalue weighted by Crippen LogP contribution is -2.30. The van der Waals surface area contributed by atoms with E-state index in [0.717, 1.165) is 30.5 Å². The number of carbonyl (C=O) groups excluding carboxylic acids is 2. The molecule has 5 nitrogen and oxygen atoms in total. The van der Waals surface area contributed by atoms with Gasteiger partial charge in [-0.1, -0.05) is 18.6 Å².